The van der Waals surface area contributed by atoms with Crippen molar-refractivity contribution in [3.05, 3.63) is 42.2 Å². The molecule has 0 aromatic carbocycles. The van der Waals surface area contributed by atoms with Gasteiger partial charge in [0.2, 0.25) is 0 Å². The van der Waals surface area contributed by atoms with Crippen molar-refractivity contribution in [1.82, 2.24) is 4.98 Å². The van der Waals surface area contributed by atoms with Gasteiger partial charge in [-0.1, -0.05) is 0 Å². The van der Waals surface area contributed by atoms with E-state index in [4.69, 9.17) is 10.5 Å². The summed E-state index contributed by atoms with van der Waals surface area (Å²) in [4.78, 5) is 4.50. The smallest absolute Gasteiger partial charge is 0.128 e. The van der Waals surface area contributed by atoms with Gasteiger partial charge in [0.25, 0.3) is 0 Å². The number of pyridine rings is 1. The van der Waals surface area contributed by atoms with Gasteiger partial charge in [-0.3, -0.25) is 4.98 Å². The molecule has 2 aromatic rings. The molecule has 6 heteroatoms. The highest BCUT2D eigenvalue weighted by molar-refractivity contribution is 9.12. The van der Waals surface area contributed by atoms with Crippen molar-refractivity contribution >= 4 is 43.2 Å². The Morgan fingerprint density at radius 2 is 2.10 bits per heavy atom. The van der Waals surface area contributed by atoms with Gasteiger partial charge in [0.1, 0.15) is 5.75 Å². The van der Waals surface area contributed by atoms with Crippen LogP contribution in [0.5, 0.6) is 5.75 Å². The monoisotopic (exact) mass is 418 g/mol. The molecule has 1 unspecified atom stereocenters. The quantitative estimate of drug-likeness (QED) is 0.791. The van der Waals surface area contributed by atoms with E-state index < -0.39 is 0 Å². The molecule has 20 heavy (non-hydrogen) atoms. The minimum Gasteiger partial charge on any atom is -0.496 e. The SMILES string of the molecule is COc1c(C)cnc(CC(N)c2cc(Br)sc2Br)c1C. The van der Waals surface area contributed by atoms with Crippen molar-refractivity contribution in [2.24, 2.45) is 5.73 Å². The number of ether oxygens (including phenoxy) is 1. The average molecular weight is 420 g/mol. The lowest BCUT2D eigenvalue weighted by atomic mass is 10.0. The van der Waals surface area contributed by atoms with Gasteiger partial charge < -0.3 is 10.5 Å². The summed E-state index contributed by atoms with van der Waals surface area (Å²) in [6.45, 7) is 4.02. The Balaban J connectivity index is 2.28. The van der Waals surface area contributed by atoms with Gasteiger partial charge in [-0.2, -0.15) is 0 Å². The number of aromatic nitrogens is 1. The van der Waals surface area contributed by atoms with Crippen molar-refractivity contribution in [2.45, 2.75) is 26.3 Å². The van der Waals surface area contributed by atoms with Crippen molar-refractivity contribution < 1.29 is 4.74 Å². The molecular formula is C14H16Br2N2OS. The fourth-order valence-corrected chi connectivity index (χ4v) is 5.20. The van der Waals surface area contributed by atoms with E-state index in [1.165, 1.54) is 0 Å². The van der Waals surface area contributed by atoms with E-state index in [0.717, 1.165) is 35.7 Å². The van der Waals surface area contributed by atoms with Crippen LogP contribution in [0, 0.1) is 13.8 Å². The molecule has 0 saturated heterocycles. The maximum absolute atomic E-state index is 6.31. The topological polar surface area (TPSA) is 48.1 Å². The highest BCUT2D eigenvalue weighted by atomic mass is 79.9. The molecule has 1 atom stereocenters. The molecule has 108 valence electrons. The number of thiophene rings is 1. The standard InChI is InChI=1S/C14H16Br2N2OS/c1-7-6-18-11(8(2)13(7)19-3)5-10(17)9-4-12(15)20-14(9)16/h4,6,10H,5,17H2,1-3H3. The molecule has 0 fully saturated rings. The van der Waals surface area contributed by atoms with Crippen molar-refractivity contribution in [2.75, 3.05) is 7.11 Å². The van der Waals surface area contributed by atoms with Gasteiger partial charge in [-0.25, -0.2) is 0 Å². The third-order valence-electron chi connectivity index (χ3n) is 3.25. The van der Waals surface area contributed by atoms with Gasteiger partial charge in [0.05, 0.1) is 14.7 Å². The molecule has 2 N–H and O–H groups in total. The van der Waals surface area contributed by atoms with E-state index >= 15 is 0 Å². The number of nitrogens with zero attached hydrogens (tertiary/aromatic N) is 1. The molecule has 0 saturated carbocycles. The van der Waals surface area contributed by atoms with Crippen LogP contribution in [0.2, 0.25) is 0 Å². The predicted octanol–water partition coefficient (Wildman–Crippen LogP) is 4.54. The molecule has 2 rings (SSSR count). The first-order valence-electron chi connectivity index (χ1n) is 6.13. The molecule has 2 heterocycles. The minimum atomic E-state index is -0.0921. The normalized spacial score (nSPS) is 12.5. The van der Waals surface area contributed by atoms with Gasteiger partial charge in [-0.05, 0) is 57.3 Å². The number of halogens is 2. The van der Waals surface area contributed by atoms with Gasteiger partial charge >= 0.3 is 0 Å². The maximum atomic E-state index is 6.31. The molecule has 0 aliphatic rings. The van der Waals surface area contributed by atoms with E-state index in [2.05, 4.69) is 42.9 Å². The van der Waals surface area contributed by atoms with E-state index in [-0.39, 0.29) is 6.04 Å². The zero-order chi connectivity index (χ0) is 14.9. The van der Waals surface area contributed by atoms with Crippen LogP contribution in [0.4, 0.5) is 0 Å². The summed E-state index contributed by atoms with van der Waals surface area (Å²) in [5.41, 5.74) is 10.5. The molecule has 2 aromatic heterocycles. The van der Waals surface area contributed by atoms with Gasteiger partial charge in [-0.15, -0.1) is 11.3 Å². The molecule has 3 nitrogen and oxygen atoms in total. The minimum absolute atomic E-state index is 0.0921. The van der Waals surface area contributed by atoms with Crippen molar-refractivity contribution in [3.8, 4) is 5.75 Å². The predicted molar refractivity (Wildman–Crippen MR) is 90.6 cm³/mol. The molecular weight excluding hydrogens is 404 g/mol. The molecule has 0 radical (unpaired) electrons. The van der Waals surface area contributed by atoms with Crippen molar-refractivity contribution in [3.63, 3.8) is 0 Å². The zero-order valence-electron chi connectivity index (χ0n) is 11.5. The molecule has 0 aliphatic carbocycles. The van der Waals surface area contributed by atoms with E-state index in [9.17, 15) is 0 Å². The van der Waals surface area contributed by atoms with Crippen LogP contribution in [-0.4, -0.2) is 12.1 Å². The van der Waals surface area contributed by atoms with Crippen LogP contribution in [0.3, 0.4) is 0 Å². The highest BCUT2D eigenvalue weighted by Gasteiger charge is 2.17. The second-order valence-electron chi connectivity index (χ2n) is 4.64. The second-order valence-corrected chi connectivity index (χ2v) is 8.39. The lowest BCUT2D eigenvalue weighted by molar-refractivity contribution is 0.406. The van der Waals surface area contributed by atoms with E-state index in [1.54, 1.807) is 18.4 Å². The van der Waals surface area contributed by atoms with Crippen LogP contribution >= 0.6 is 43.2 Å². The van der Waals surface area contributed by atoms with Gasteiger partial charge in [0, 0.05) is 35.5 Å². The number of hydrogen-bond acceptors (Lipinski definition) is 4. The summed E-state index contributed by atoms with van der Waals surface area (Å²) in [5.74, 6) is 0.896. The lowest BCUT2D eigenvalue weighted by Gasteiger charge is -2.15. The summed E-state index contributed by atoms with van der Waals surface area (Å²) in [7, 11) is 1.69. The highest BCUT2D eigenvalue weighted by Crippen LogP contribution is 2.36. The first-order valence-corrected chi connectivity index (χ1v) is 8.53. The summed E-state index contributed by atoms with van der Waals surface area (Å²) >= 11 is 8.66. The Labute approximate surface area is 139 Å². The van der Waals surface area contributed by atoms with Crippen LogP contribution in [-0.2, 0) is 6.42 Å². The Kier molecular flexibility index (Phi) is 5.23. The summed E-state index contributed by atoms with van der Waals surface area (Å²) in [6.07, 6.45) is 2.52. The van der Waals surface area contributed by atoms with Crippen LogP contribution in [0.25, 0.3) is 0 Å². The van der Waals surface area contributed by atoms with E-state index in [1.807, 2.05) is 20.0 Å². The first kappa shape index (κ1) is 15.9. The Bertz CT molecular complexity index is 628. The fraction of sp³-hybridized carbons (Fsp3) is 0.357. The summed E-state index contributed by atoms with van der Waals surface area (Å²) in [5, 5.41) is 0. The zero-order valence-corrected chi connectivity index (χ0v) is 15.5. The number of hydrogen-bond donors (Lipinski definition) is 1. The number of rotatable bonds is 4. The Hall–Kier alpha value is -0.430. The summed E-state index contributed by atoms with van der Waals surface area (Å²) < 4.78 is 7.57. The fourth-order valence-electron chi connectivity index (χ4n) is 2.20. The molecule has 0 aliphatic heterocycles. The second kappa shape index (κ2) is 6.56. The average Bonchev–Trinajstić information content (AvgIpc) is 2.73. The number of methoxy groups -OCH3 is 1. The van der Waals surface area contributed by atoms with Crippen LogP contribution < -0.4 is 10.5 Å². The lowest BCUT2D eigenvalue weighted by Crippen LogP contribution is -2.15. The van der Waals surface area contributed by atoms with Crippen molar-refractivity contribution in [1.29, 1.82) is 0 Å². The number of nitrogens with two attached hydrogens (primary N) is 1. The third kappa shape index (κ3) is 3.24. The number of aryl methyl sites for hydroxylation is 1. The van der Waals surface area contributed by atoms with Crippen LogP contribution in [0.15, 0.2) is 19.8 Å². The van der Waals surface area contributed by atoms with E-state index in [0.29, 0.717) is 6.42 Å². The summed E-state index contributed by atoms with van der Waals surface area (Å²) in [6, 6.07) is 1.96. The molecule has 0 bridgehead atoms. The molecule has 0 spiro atoms. The third-order valence-corrected chi connectivity index (χ3v) is 5.63. The largest absolute Gasteiger partial charge is 0.496 e. The first-order chi connectivity index (χ1) is 9.43. The molecule has 0 amide bonds. The Morgan fingerprint density at radius 3 is 2.65 bits per heavy atom. The maximum Gasteiger partial charge on any atom is 0.128 e. The van der Waals surface area contributed by atoms with Gasteiger partial charge in [0.15, 0.2) is 0 Å². The van der Waals surface area contributed by atoms with Crippen LogP contribution in [0.1, 0.15) is 28.4 Å². The Morgan fingerprint density at radius 1 is 1.40 bits per heavy atom.